The zero-order valence-electron chi connectivity index (χ0n) is 17.6. The van der Waals surface area contributed by atoms with Gasteiger partial charge in [0, 0.05) is 43.8 Å². The van der Waals surface area contributed by atoms with Crippen molar-refractivity contribution in [3.8, 4) is 0 Å². The molecule has 7 heteroatoms. The molecule has 28 heavy (non-hydrogen) atoms. The lowest BCUT2D eigenvalue weighted by Gasteiger charge is -2.19. The van der Waals surface area contributed by atoms with Crippen molar-refractivity contribution in [2.75, 3.05) is 26.7 Å². The van der Waals surface area contributed by atoms with E-state index in [4.69, 9.17) is 4.74 Å². The van der Waals surface area contributed by atoms with Gasteiger partial charge in [0.2, 0.25) is 0 Å². The average Bonchev–Trinajstić information content (AvgIpc) is 3.05. The number of amides is 1. The van der Waals surface area contributed by atoms with Gasteiger partial charge in [-0.25, -0.2) is 4.79 Å². The maximum atomic E-state index is 11.6. The van der Waals surface area contributed by atoms with E-state index in [-0.39, 0.29) is 0 Å². The van der Waals surface area contributed by atoms with Crippen LogP contribution in [0.4, 0.5) is 4.79 Å². The van der Waals surface area contributed by atoms with E-state index in [1.165, 1.54) is 22.0 Å². The van der Waals surface area contributed by atoms with Crippen LogP contribution in [-0.4, -0.2) is 49.3 Å². The minimum absolute atomic E-state index is 0.414. The molecule has 2 aromatic rings. The number of nitrogens with one attached hydrogen (secondary N) is 4. The van der Waals surface area contributed by atoms with Crippen LogP contribution in [0.15, 0.2) is 29.4 Å². The molecule has 0 fully saturated rings. The van der Waals surface area contributed by atoms with Crippen molar-refractivity contribution in [2.24, 2.45) is 4.99 Å². The van der Waals surface area contributed by atoms with Gasteiger partial charge in [0.15, 0.2) is 5.96 Å². The Morgan fingerprint density at radius 3 is 2.50 bits per heavy atom. The van der Waals surface area contributed by atoms with E-state index < -0.39 is 11.7 Å². The molecule has 0 aliphatic rings. The Labute approximate surface area is 167 Å². The van der Waals surface area contributed by atoms with E-state index in [0.29, 0.717) is 19.0 Å². The number of aromatic nitrogens is 1. The van der Waals surface area contributed by atoms with Crippen LogP contribution in [0, 0.1) is 0 Å². The second-order valence-corrected chi connectivity index (χ2v) is 7.61. The number of hydrogen-bond donors (Lipinski definition) is 4. The fourth-order valence-electron chi connectivity index (χ4n) is 2.97. The molecular weight excluding hydrogens is 354 g/mol. The summed E-state index contributed by atoms with van der Waals surface area (Å²) in [7, 11) is 1.73. The number of para-hydroxylation sites is 1. The molecule has 0 radical (unpaired) electrons. The first-order valence-corrected chi connectivity index (χ1v) is 9.83. The number of aryl methyl sites for hydroxylation is 1. The van der Waals surface area contributed by atoms with Crippen LogP contribution in [0.2, 0.25) is 0 Å². The summed E-state index contributed by atoms with van der Waals surface area (Å²) < 4.78 is 5.20. The van der Waals surface area contributed by atoms with Crippen LogP contribution in [-0.2, 0) is 17.6 Å². The van der Waals surface area contributed by atoms with Crippen LogP contribution in [0.5, 0.6) is 0 Å². The van der Waals surface area contributed by atoms with Crippen molar-refractivity contribution >= 4 is 23.0 Å². The topological polar surface area (TPSA) is 90.5 Å². The van der Waals surface area contributed by atoms with E-state index in [9.17, 15) is 4.79 Å². The predicted octanol–water partition coefficient (Wildman–Crippen LogP) is 2.96. The number of aromatic amines is 1. The number of aliphatic imine (C=N–C) groups is 1. The fraction of sp³-hybridized carbons (Fsp3) is 0.524. The molecule has 0 bridgehead atoms. The van der Waals surface area contributed by atoms with E-state index in [0.717, 1.165) is 19.4 Å². The number of hydrogen-bond acceptors (Lipinski definition) is 3. The highest BCUT2D eigenvalue weighted by atomic mass is 16.6. The van der Waals surface area contributed by atoms with E-state index >= 15 is 0 Å². The Balaban J connectivity index is 1.74. The third-order valence-corrected chi connectivity index (χ3v) is 4.26. The summed E-state index contributed by atoms with van der Waals surface area (Å²) in [6.07, 6.45) is 3.59. The molecule has 4 N–H and O–H groups in total. The van der Waals surface area contributed by atoms with Crippen molar-refractivity contribution < 1.29 is 9.53 Å². The number of nitrogens with zero attached hydrogens (tertiary/aromatic N) is 1. The third kappa shape index (κ3) is 6.48. The Kier molecular flexibility index (Phi) is 7.72. The highest BCUT2D eigenvalue weighted by Gasteiger charge is 2.15. The summed E-state index contributed by atoms with van der Waals surface area (Å²) in [5.74, 6) is 0.708. The number of benzene rings is 1. The molecule has 1 heterocycles. The second kappa shape index (κ2) is 10.0. The molecule has 0 saturated heterocycles. The monoisotopic (exact) mass is 387 g/mol. The molecule has 0 aliphatic carbocycles. The molecule has 7 nitrogen and oxygen atoms in total. The number of carbonyl (C=O) groups is 1. The zero-order chi connectivity index (χ0) is 20.6. The number of alkyl carbamates (subject to hydrolysis) is 1. The minimum Gasteiger partial charge on any atom is -0.444 e. The van der Waals surface area contributed by atoms with E-state index in [1.54, 1.807) is 7.05 Å². The maximum absolute atomic E-state index is 11.6. The Hall–Kier alpha value is -2.70. The van der Waals surface area contributed by atoms with Gasteiger partial charge in [-0.1, -0.05) is 25.1 Å². The summed E-state index contributed by atoms with van der Waals surface area (Å²) in [6.45, 7) is 9.48. The van der Waals surface area contributed by atoms with Crippen LogP contribution in [0.1, 0.15) is 38.8 Å². The van der Waals surface area contributed by atoms with Crippen LogP contribution in [0.3, 0.4) is 0 Å². The van der Waals surface area contributed by atoms with Crippen LogP contribution >= 0.6 is 0 Å². The maximum Gasteiger partial charge on any atom is 0.407 e. The van der Waals surface area contributed by atoms with Crippen molar-refractivity contribution in [2.45, 2.75) is 46.1 Å². The quantitative estimate of drug-likeness (QED) is 0.334. The molecule has 0 spiro atoms. The lowest BCUT2D eigenvalue weighted by Crippen LogP contribution is -2.42. The van der Waals surface area contributed by atoms with Gasteiger partial charge in [-0.15, -0.1) is 0 Å². The number of H-pyrrole nitrogens is 1. The Morgan fingerprint density at radius 2 is 1.82 bits per heavy atom. The van der Waals surface area contributed by atoms with Crippen LogP contribution in [0.25, 0.3) is 10.9 Å². The third-order valence-electron chi connectivity index (χ3n) is 4.26. The standard InChI is InChI=1S/C21H33N5O2/c1-6-15-8-7-9-17-16(14-26-18(15)17)10-11-23-19(22-5)24-12-13-25-20(27)28-21(2,3)4/h7-9,14,26H,6,10-13H2,1-5H3,(H,25,27)(H2,22,23,24). The molecule has 2 rings (SSSR count). The first kappa shape index (κ1) is 21.6. The SMILES string of the molecule is CCc1cccc2c(CCNC(=NC)NCCNC(=O)OC(C)(C)C)c[nH]c12. The molecule has 1 aromatic heterocycles. The summed E-state index contributed by atoms with van der Waals surface area (Å²) in [5, 5.41) is 10.5. The number of guanidine groups is 1. The summed E-state index contributed by atoms with van der Waals surface area (Å²) in [6, 6.07) is 6.44. The fourth-order valence-corrected chi connectivity index (χ4v) is 2.97. The zero-order valence-corrected chi connectivity index (χ0v) is 17.6. The molecule has 1 amide bonds. The first-order chi connectivity index (χ1) is 13.3. The lowest BCUT2D eigenvalue weighted by molar-refractivity contribution is 0.0529. The molecule has 1 aromatic carbocycles. The van der Waals surface area contributed by atoms with Gasteiger partial charge in [-0.2, -0.15) is 0 Å². The van der Waals surface area contributed by atoms with Crippen LogP contribution < -0.4 is 16.0 Å². The summed E-state index contributed by atoms with van der Waals surface area (Å²) in [4.78, 5) is 19.2. The van der Waals surface area contributed by atoms with Gasteiger partial charge < -0.3 is 25.7 Å². The van der Waals surface area contributed by atoms with Gasteiger partial charge in [-0.05, 0) is 44.7 Å². The summed E-state index contributed by atoms with van der Waals surface area (Å²) >= 11 is 0. The largest absolute Gasteiger partial charge is 0.444 e. The molecule has 0 unspecified atom stereocenters. The molecular formula is C21H33N5O2. The highest BCUT2D eigenvalue weighted by molar-refractivity contribution is 5.86. The van der Waals surface area contributed by atoms with Crippen molar-refractivity contribution in [3.63, 3.8) is 0 Å². The smallest absolute Gasteiger partial charge is 0.407 e. The highest BCUT2D eigenvalue weighted by Crippen LogP contribution is 2.22. The molecule has 0 aliphatic heterocycles. The predicted molar refractivity (Wildman–Crippen MR) is 115 cm³/mol. The summed E-state index contributed by atoms with van der Waals surface area (Å²) in [5.41, 5.74) is 3.37. The minimum atomic E-state index is -0.491. The normalized spacial score (nSPS) is 12.1. The molecule has 154 valence electrons. The van der Waals surface area contributed by atoms with Gasteiger partial charge >= 0.3 is 6.09 Å². The first-order valence-electron chi connectivity index (χ1n) is 9.83. The molecule has 0 saturated carbocycles. The molecule has 0 atom stereocenters. The van der Waals surface area contributed by atoms with Gasteiger partial charge in [0.05, 0.1) is 0 Å². The van der Waals surface area contributed by atoms with Gasteiger partial charge in [0.25, 0.3) is 0 Å². The number of fused-ring (bicyclic) bond motifs is 1. The van der Waals surface area contributed by atoms with Crippen molar-refractivity contribution in [3.05, 3.63) is 35.5 Å². The van der Waals surface area contributed by atoms with Crippen molar-refractivity contribution in [1.82, 2.24) is 20.9 Å². The van der Waals surface area contributed by atoms with E-state index in [1.807, 2.05) is 20.8 Å². The second-order valence-electron chi connectivity index (χ2n) is 7.61. The van der Waals surface area contributed by atoms with Crippen molar-refractivity contribution in [1.29, 1.82) is 0 Å². The van der Waals surface area contributed by atoms with E-state index in [2.05, 4.69) is 57.2 Å². The number of carbonyl (C=O) groups excluding carboxylic acids is 1. The Bertz CT molecular complexity index is 805. The lowest BCUT2D eigenvalue weighted by atomic mass is 10.1. The van der Waals surface area contributed by atoms with Gasteiger partial charge in [-0.3, -0.25) is 4.99 Å². The van der Waals surface area contributed by atoms with Gasteiger partial charge in [0.1, 0.15) is 5.60 Å². The number of rotatable bonds is 7. The average molecular weight is 388 g/mol. The Morgan fingerprint density at radius 1 is 1.11 bits per heavy atom. The number of ether oxygens (including phenoxy) is 1.